The highest BCUT2D eigenvalue weighted by Gasteiger charge is 2.23. The Labute approximate surface area is 141 Å². The summed E-state index contributed by atoms with van der Waals surface area (Å²) in [6.07, 6.45) is -0.102. The quantitative estimate of drug-likeness (QED) is 0.807. The van der Waals surface area contributed by atoms with Crippen molar-refractivity contribution in [2.24, 2.45) is 5.92 Å². The Kier molecular flexibility index (Phi) is 6.40. The van der Waals surface area contributed by atoms with E-state index in [1.165, 1.54) is 0 Å². The lowest BCUT2D eigenvalue weighted by molar-refractivity contribution is -0.0280. The molecule has 0 radical (unpaired) electrons. The second kappa shape index (κ2) is 7.88. The monoisotopic (exact) mass is 390 g/mol. The summed E-state index contributed by atoms with van der Waals surface area (Å²) in [5.41, 5.74) is 0. The third-order valence-electron chi connectivity index (χ3n) is 3.45. The summed E-state index contributed by atoms with van der Waals surface area (Å²) < 4.78 is 33.6. The Bertz CT molecular complexity index is 592. The second-order valence-electron chi connectivity index (χ2n) is 5.96. The summed E-state index contributed by atoms with van der Waals surface area (Å²) in [6, 6.07) is 6.68. The molecule has 22 heavy (non-hydrogen) atoms. The molecule has 1 aromatic rings. The summed E-state index contributed by atoms with van der Waals surface area (Å²) in [6.45, 7) is 7.99. The zero-order chi connectivity index (χ0) is 16.2. The standard InChI is InChI=1S/C15H23BrN2O3S/c1-12(2)10-18-6-7-21-14(11-18)9-17-22(19,20)15-5-3-4-13(16)8-15/h3-5,8,12,14,17H,6-7,9-11H2,1-2H3. The molecule has 1 aliphatic rings. The molecule has 1 unspecified atom stereocenters. The van der Waals surface area contributed by atoms with Crippen molar-refractivity contribution in [1.29, 1.82) is 0 Å². The molecule has 7 heteroatoms. The van der Waals surface area contributed by atoms with Gasteiger partial charge in [0.2, 0.25) is 10.0 Å². The van der Waals surface area contributed by atoms with E-state index < -0.39 is 10.0 Å². The van der Waals surface area contributed by atoms with Crippen molar-refractivity contribution in [2.75, 3.05) is 32.8 Å². The average Bonchev–Trinajstić information content (AvgIpc) is 2.45. The van der Waals surface area contributed by atoms with Gasteiger partial charge in [0.1, 0.15) is 0 Å². The fraction of sp³-hybridized carbons (Fsp3) is 0.600. The average molecular weight is 391 g/mol. The molecular formula is C15H23BrN2O3S. The first-order valence-electron chi connectivity index (χ1n) is 7.46. The fourth-order valence-electron chi connectivity index (χ4n) is 2.51. The zero-order valence-electron chi connectivity index (χ0n) is 13.0. The topological polar surface area (TPSA) is 58.6 Å². The van der Waals surface area contributed by atoms with E-state index in [0.717, 1.165) is 24.1 Å². The van der Waals surface area contributed by atoms with Gasteiger partial charge in [0.25, 0.3) is 0 Å². The molecule has 0 aromatic heterocycles. The van der Waals surface area contributed by atoms with E-state index in [9.17, 15) is 8.42 Å². The van der Waals surface area contributed by atoms with E-state index in [2.05, 4.69) is 39.4 Å². The van der Waals surface area contributed by atoms with E-state index in [-0.39, 0.29) is 11.0 Å². The lowest BCUT2D eigenvalue weighted by Gasteiger charge is -2.33. The second-order valence-corrected chi connectivity index (χ2v) is 8.64. The SMILES string of the molecule is CC(C)CN1CCOC(CNS(=O)(=O)c2cccc(Br)c2)C1. The predicted octanol–water partition coefficient (Wildman–Crippen LogP) is 2.08. The van der Waals surface area contributed by atoms with Gasteiger partial charge in [-0.25, -0.2) is 13.1 Å². The van der Waals surface area contributed by atoms with Crippen LogP contribution in [0.5, 0.6) is 0 Å². The van der Waals surface area contributed by atoms with Gasteiger partial charge in [-0.3, -0.25) is 4.90 Å². The van der Waals surface area contributed by atoms with Crippen molar-refractivity contribution in [3.05, 3.63) is 28.7 Å². The van der Waals surface area contributed by atoms with Crippen LogP contribution in [-0.4, -0.2) is 52.2 Å². The van der Waals surface area contributed by atoms with E-state index in [1.54, 1.807) is 24.3 Å². The van der Waals surface area contributed by atoms with Crippen molar-refractivity contribution in [2.45, 2.75) is 24.8 Å². The van der Waals surface area contributed by atoms with Gasteiger partial charge < -0.3 is 4.74 Å². The van der Waals surface area contributed by atoms with Crippen molar-refractivity contribution in [3.8, 4) is 0 Å². The lowest BCUT2D eigenvalue weighted by atomic mass is 10.2. The molecule has 1 saturated heterocycles. The van der Waals surface area contributed by atoms with Crippen molar-refractivity contribution in [1.82, 2.24) is 9.62 Å². The van der Waals surface area contributed by atoms with Crippen molar-refractivity contribution in [3.63, 3.8) is 0 Å². The summed E-state index contributed by atoms with van der Waals surface area (Å²) in [7, 11) is -3.50. The van der Waals surface area contributed by atoms with E-state index in [1.807, 2.05) is 0 Å². The van der Waals surface area contributed by atoms with Gasteiger partial charge in [0, 0.05) is 30.7 Å². The normalized spacial score (nSPS) is 20.5. The third kappa shape index (κ3) is 5.31. The molecule has 2 rings (SSSR count). The van der Waals surface area contributed by atoms with Gasteiger partial charge in [-0.15, -0.1) is 0 Å². The molecule has 1 fully saturated rings. The van der Waals surface area contributed by atoms with Crippen LogP contribution >= 0.6 is 15.9 Å². The van der Waals surface area contributed by atoms with Gasteiger partial charge in [-0.05, 0) is 24.1 Å². The minimum Gasteiger partial charge on any atom is -0.374 e. The van der Waals surface area contributed by atoms with Crippen LogP contribution in [0.4, 0.5) is 0 Å². The molecule has 0 spiro atoms. The van der Waals surface area contributed by atoms with E-state index in [4.69, 9.17) is 4.74 Å². The molecule has 1 N–H and O–H groups in total. The van der Waals surface area contributed by atoms with E-state index >= 15 is 0 Å². The van der Waals surface area contributed by atoms with Gasteiger partial charge in [-0.2, -0.15) is 0 Å². The molecule has 5 nitrogen and oxygen atoms in total. The van der Waals surface area contributed by atoms with Crippen LogP contribution in [0.2, 0.25) is 0 Å². The third-order valence-corrected chi connectivity index (χ3v) is 5.37. The molecule has 124 valence electrons. The first-order chi connectivity index (χ1) is 10.4. The number of hydrogen-bond donors (Lipinski definition) is 1. The molecular weight excluding hydrogens is 368 g/mol. The Morgan fingerprint density at radius 2 is 2.23 bits per heavy atom. The zero-order valence-corrected chi connectivity index (χ0v) is 15.4. The fourth-order valence-corrected chi connectivity index (χ4v) is 4.17. The number of hydrogen-bond acceptors (Lipinski definition) is 4. The highest BCUT2D eigenvalue weighted by atomic mass is 79.9. The number of benzene rings is 1. The number of ether oxygens (including phenoxy) is 1. The van der Waals surface area contributed by atoms with Gasteiger partial charge in [-0.1, -0.05) is 35.8 Å². The first-order valence-corrected chi connectivity index (χ1v) is 9.73. The molecule has 0 amide bonds. The van der Waals surface area contributed by atoms with Gasteiger partial charge in [0.05, 0.1) is 17.6 Å². The largest absolute Gasteiger partial charge is 0.374 e. The number of nitrogens with one attached hydrogen (secondary N) is 1. The van der Waals surface area contributed by atoms with Crippen LogP contribution < -0.4 is 4.72 Å². The molecule has 0 saturated carbocycles. The molecule has 0 bridgehead atoms. The number of sulfonamides is 1. The van der Waals surface area contributed by atoms with Crippen LogP contribution in [0.3, 0.4) is 0 Å². The maximum absolute atomic E-state index is 12.3. The smallest absolute Gasteiger partial charge is 0.240 e. The maximum atomic E-state index is 12.3. The summed E-state index contributed by atoms with van der Waals surface area (Å²) >= 11 is 3.29. The number of rotatable bonds is 6. The Balaban J connectivity index is 1.91. The summed E-state index contributed by atoms with van der Waals surface area (Å²) in [5, 5.41) is 0. The molecule has 1 aromatic carbocycles. The molecule has 1 aliphatic heterocycles. The Morgan fingerprint density at radius 1 is 1.45 bits per heavy atom. The minimum atomic E-state index is -3.50. The first kappa shape index (κ1) is 17.9. The lowest BCUT2D eigenvalue weighted by Crippen LogP contribution is -2.48. The number of nitrogens with zero attached hydrogens (tertiary/aromatic N) is 1. The van der Waals surface area contributed by atoms with E-state index in [0.29, 0.717) is 19.1 Å². The highest BCUT2D eigenvalue weighted by Crippen LogP contribution is 2.16. The Morgan fingerprint density at radius 3 is 2.91 bits per heavy atom. The van der Waals surface area contributed by atoms with Crippen molar-refractivity contribution >= 4 is 26.0 Å². The summed E-state index contributed by atoms with van der Waals surface area (Å²) in [4.78, 5) is 2.59. The predicted molar refractivity (Wildman–Crippen MR) is 90.3 cm³/mol. The minimum absolute atomic E-state index is 0.102. The Hall–Kier alpha value is -0.470. The number of morpholine rings is 1. The highest BCUT2D eigenvalue weighted by molar-refractivity contribution is 9.10. The molecule has 1 heterocycles. The van der Waals surface area contributed by atoms with Crippen LogP contribution in [0.25, 0.3) is 0 Å². The van der Waals surface area contributed by atoms with Crippen molar-refractivity contribution < 1.29 is 13.2 Å². The maximum Gasteiger partial charge on any atom is 0.240 e. The van der Waals surface area contributed by atoms with Gasteiger partial charge >= 0.3 is 0 Å². The van der Waals surface area contributed by atoms with Crippen LogP contribution in [0, 0.1) is 5.92 Å². The van der Waals surface area contributed by atoms with Crippen LogP contribution in [0.15, 0.2) is 33.6 Å². The van der Waals surface area contributed by atoms with Gasteiger partial charge in [0.15, 0.2) is 0 Å². The number of halogens is 1. The molecule has 0 aliphatic carbocycles. The van der Waals surface area contributed by atoms with Crippen LogP contribution in [0.1, 0.15) is 13.8 Å². The molecule has 1 atom stereocenters. The summed E-state index contributed by atoms with van der Waals surface area (Å²) in [5.74, 6) is 0.595. The van der Waals surface area contributed by atoms with Crippen LogP contribution in [-0.2, 0) is 14.8 Å².